The summed E-state index contributed by atoms with van der Waals surface area (Å²) in [5, 5.41) is 2.88. The molecule has 0 heterocycles. The van der Waals surface area contributed by atoms with Crippen molar-refractivity contribution in [1.82, 2.24) is 10.2 Å². The van der Waals surface area contributed by atoms with Crippen LogP contribution in [0.15, 0.2) is 78.9 Å². The maximum Gasteiger partial charge on any atom is 0.407 e. The molecular formula is C35H43FN2O4. The second kappa shape index (κ2) is 16.1. The van der Waals surface area contributed by atoms with Crippen molar-refractivity contribution in [3.8, 4) is 11.1 Å². The van der Waals surface area contributed by atoms with Crippen LogP contribution in [-0.4, -0.2) is 55.4 Å². The van der Waals surface area contributed by atoms with Crippen molar-refractivity contribution in [3.05, 3.63) is 95.6 Å². The number of carbonyl (C=O) groups is 2. The lowest BCUT2D eigenvalue weighted by Crippen LogP contribution is -2.49. The zero-order chi connectivity index (χ0) is 29.7. The number of hydrogen-bond acceptors (Lipinski definition) is 5. The van der Waals surface area contributed by atoms with E-state index < -0.39 is 24.9 Å². The van der Waals surface area contributed by atoms with Gasteiger partial charge in [-0.1, -0.05) is 105 Å². The second-order valence-corrected chi connectivity index (χ2v) is 11.0. The third kappa shape index (κ3) is 8.41. The number of hydrogen-bond donors (Lipinski definition) is 1. The zero-order valence-corrected chi connectivity index (χ0v) is 24.8. The molecule has 4 rings (SSSR count). The molecule has 224 valence electrons. The first kappa shape index (κ1) is 31.2. The Morgan fingerprint density at radius 2 is 1.52 bits per heavy atom. The van der Waals surface area contributed by atoms with Gasteiger partial charge in [-0.15, -0.1) is 0 Å². The first-order valence-corrected chi connectivity index (χ1v) is 15.1. The van der Waals surface area contributed by atoms with Crippen LogP contribution in [0.1, 0.15) is 68.6 Å². The van der Waals surface area contributed by atoms with Crippen LogP contribution in [0.25, 0.3) is 11.1 Å². The molecule has 1 aliphatic rings. The van der Waals surface area contributed by atoms with Crippen LogP contribution in [0.3, 0.4) is 0 Å². The van der Waals surface area contributed by atoms with Gasteiger partial charge in [0, 0.05) is 18.5 Å². The Labute approximate surface area is 249 Å². The number of alkyl halides is 1. The topological polar surface area (TPSA) is 67.9 Å². The number of halogens is 1. The summed E-state index contributed by atoms with van der Waals surface area (Å²) in [4.78, 5) is 28.0. The Morgan fingerprint density at radius 3 is 2.17 bits per heavy atom. The number of rotatable bonds is 16. The van der Waals surface area contributed by atoms with Crippen molar-refractivity contribution in [3.63, 3.8) is 0 Å². The van der Waals surface area contributed by atoms with E-state index in [2.05, 4.69) is 36.5 Å². The molecule has 0 bridgehead atoms. The number of unbranched alkanes of at least 4 members (excludes halogenated alkanes) is 3. The number of ether oxygens (including phenoxy) is 2. The van der Waals surface area contributed by atoms with Crippen molar-refractivity contribution in [1.29, 1.82) is 0 Å². The van der Waals surface area contributed by atoms with Crippen LogP contribution >= 0.6 is 0 Å². The van der Waals surface area contributed by atoms with Crippen LogP contribution in [0.5, 0.6) is 0 Å². The summed E-state index contributed by atoms with van der Waals surface area (Å²) in [7, 11) is 0. The predicted octanol–water partition coefficient (Wildman–Crippen LogP) is 7.27. The molecule has 3 aromatic carbocycles. The minimum atomic E-state index is -0.592. The molecule has 42 heavy (non-hydrogen) atoms. The predicted molar refractivity (Wildman–Crippen MR) is 164 cm³/mol. The fraction of sp³-hybridized carbons (Fsp3) is 0.429. The van der Waals surface area contributed by atoms with Crippen molar-refractivity contribution in [2.45, 2.75) is 70.6 Å². The molecule has 0 radical (unpaired) electrons. The van der Waals surface area contributed by atoms with E-state index in [-0.39, 0.29) is 31.5 Å². The first-order chi connectivity index (χ1) is 20.5. The molecular weight excluding hydrogens is 531 g/mol. The number of nitrogens with zero attached hydrogens (tertiary/aromatic N) is 1. The van der Waals surface area contributed by atoms with Gasteiger partial charge in [-0.2, -0.15) is 0 Å². The number of benzene rings is 3. The Balaban J connectivity index is 1.37. The van der Waals surface area contributed by atoms with Crippen molar-refractivity contribution in [2.75, 3.05) is 26.4 Å². The lowest BCUT2D eigenvalue weighted by molar-refractivity contribution is -0.151. The first-order valence-electron chi connectivity index (χ1n) is 15.1. The van der Waals surface area contributed by atoms with Crippen LogP contribution in [-0.2, 0) is 20.9 Å². The average molecular weight is 575 g/mol. The molecule has 0 unspecified atom stereocenters. The van der Waals surface area contributed by atoms with Gasteiger partial charge in [0.05, 0.1) is 6.67 Å². The molecule has 3 aromatic rings. The fourth-order valence-corrected chi connectivity index (χ4v) is 5.61. The highest BCUT2D eigenvalue weighted by atomic mass is 19.1. The van der Waals surface area contributed by atoms with E-state index in [1.807, 2.05) is 66.4 Å². The van der Waals surface area contributed by atoms with Crippen LogP contribution in [0, 0.1) is 0 Å². The minimum absolute atomic E-state index is 0.0581. The molecule has 0 aliphatic heterocycles. The standard InChI is InChI=1S/C35H43FN2O4/c1-3-4-5-13-22-38(26(2)34(39)41-24-27-14-7-6-8-15-27)23-28(20-21-36)37-35(40)42-25-33-31-18-11-9-16-29(31)30-17-10-12-19-32(30)33/h6-12,14-19,26,28,33H,3-5,13,20-25H2,1-2H3,(H,37,40)/t26-,28+/m0/s1. The molecule has 1 amide bonds. The van der Waals surface area contributed by atoms with Crippen LogP contribution in [0.4, 0.5) is 9.18 Å². The Kier molecular flexibility index (Phi) is 11.9. The molecule has 0 spiro atoms. The van der Waals surface area contributed by atoms with E-state index in [0.717, 1.165) is 53.5 Å². The maximum atomic E-state index is 13.6. The largest absolute Gasteiger partial charge is 0.460 e. The minimum Gasteiger partial charge on any atom is -0.460 e. The highest BCUT2D eigenvalue weighted by Crippen LogP contribution is 2.44. The molecule has 1 aliphatic carbocycles. The zero-order valence-electron chi connectivity index (χ0n) is 24.8. The lowest BCUT2D eigenvalue weighted by Gasteiger charge is -2.31. The summed E-state index contributed by atoms with van der Waals surface area (Å²) in [5.41, 5.74) is 5.49. The Bertz CT molecular complexity index is 1240. The van der Waals surface area contributed by atoms with E-state index in [1.54, 1.807) is 0 Å². The Hall–Kier alpha value is -3.71. The number of fused-ring (bicyclic) bond motifs is 3. The molecule has 0 saturated heterocycles. The molecule has 7 heteroatoms. The number of nitrogens with one attached hydrogen (secondary N) is 1. The van der Waals surface area contributed by atoms with E-state index in [9.17, 15) is 14.0 Å². The van der Waals surface area contributed by atoms with Crippen molar-refractivity contribution in [2.24, 2.45) is 0 Å². The highest BCUT2D eigenvalue weighted by molar-refractivity contribution is 5.79. The van der Waals surface area contributed by atoms with Gasteiger partial charge >= 0.3 is 12.1 Å². The summed E-state index contributed by atoms with van der Waals surface area (Å²) >= 11 is 0. The second-order valence-electron chi connectivity index (χ2n) is 11.0. The highest BCUT2D eigenvalue weighted by Gasteiger charge is 2.30. The van der Waals surface area contributed by atoms with Crippen molar-refractivity contribution >= 4 is 12.1 Å². The molecule has 2 atom stereocenters. The normalized spacial score (nSPS) is 13.7. The average Bonchev–Trinajstić information content (AvgIpc) is 3.34. The van der Waals surface area contributed by atoms with Gasteiger partial charge in [0.25, 0.3) is 0 Å². The molecule has 0 fully saturated rings. The van der Waals surface area contributed by atoms with Crippen molar-refractivity contribution < 1.29 is 23.5 Å². The fourth-order valence-electron chi connectivity index (χ4n) is 5.61. The molecule has 6 nitrogen and oxygen atoms in total. The molecule has 0 aromatic heterocycles. The monoisotopic (exact) mass is 574 g/mol. The van der Waals surface area contributed by atoms with Gasteiger partial charge in [0.2, 0.25) is 0 Å². The van der Waals surface area contributed by atoms with Gasteiger partial charge in [0.1, 0.15) is 19.3 Å². The van der Waals surface area contributed by atoms with Crippen LogP contribution in [0.2, 0.25) is 0 Å². The molecule has 0 saturated carbocycles. The third-order valence-corrected chi connectivity index (χ3v) is 7.99. The van der Waals surface area contributed by atoms with Gasteiger partial charge in [-0.05, 0) is 54.1 Å². The third-order valence-electron chi connectivity index (χ3n) is 7.99. The number of amides is 1. The van der Waals surface area contributed by atoms with E-state index in [0.29, 0.717) is 13.1 Å². The maximum absolute atomic E-state index is 13.6. The van der Waals surface area contributed by atoms with Gasteiger partial charge in [0.15, 0.2) is 0 Å². The number of carbonyl (C=O) groups excluding carboxylic acids is 2. The number of esters is 1. The van der Waals surface area contributed by atoms with Crippen LogP contribution < -0.4 is 5.32 Å². The van der Waals surface area contributed by atoms with E-state index in [4.69, 9.17) is 9.47 Å². The number of alkyl carbamates (subject to hydrolysis) is 1. The van der Waals surface area contributed by atoms with E-state index >= 15 is 0 Å². The quantitative estimate of drug-likeness (QED) is 0.144. The summed E-state index contributed by atoms with van der Waals surface area (Å²) in [6.07, 6.45) is 3.68. The summed E-state index contributed by atoms with van der Waals surface area (Å²) < 4.78 is 25.0. The molecule has 1 N–H and O–H groups in total. The summed E-state index contributed by atoms with van der Waals surface area (Å²) in [6.45, 7) is 4.72. The Morgan fingerprint density at radius 1 is 0.881 bits per heavy atom. The lowest BCUT2D eigenvalue weighted by atomic mass is 9.98. The van der Waals surface area contributed by atoms with E-state index in [1.165, 1.54) is 0 Å². The van der Waals surface area contributed by atoms with Gasteiger partial charge < -0.3 is 14.8 Å². The smallest absolute Gasteiger partial charge is 0.407 e. The van der Waals surface area contributed by atoms with Gasteiger partial charge in [-0.3, -0.25) is 14.1 Å². The SMILES string of the molecule is CCCCCCN(C[C@@H](CCF)NC(=O)OCC1c2ccccc2-c2ccccc21)[C@@H](C)C(=O)OCc1ccccc1. The summed E-state index contributed by atoms with van der Waals surface area (Å²) in [5.74, 6) is -0.397. The summed E-state index contributed by atoms with van der Waals surface area (Å²) in [6, 6.07) is 24.8. The van der Waals surface area contributed by atoms with Gasteiger partial charge in [-0.25, -0.2) is 4.79 Å².